The van der Waals surface area contributed by atoms with Crippen LogP contribution in [0.4, 0.5) is 15.8 Å². The van der Waals surface area contributed by atoms with Gasteiger partial charge in [0.1, 0.15) is 10.7 Å². The van der Waals surface area contributed by atoms with Crippen LogP contribution in [0.1, 0.15) is 29.8 Å². The lowest BCUT2D eigenvalue weighted by atomic mass is 10.1. The molecule has 3 aromatic rings. The van der Waals surface area contributed by atoms with Gasteiger partial charge < -0.3 is 5.32 Å². The number of aryl methyl sites for hydroxylation is 1. The summed E-state index contributed by atoms with van der Waals surface area (Å²) in [7, 11) is -4.20. The molecule has 7 heteroatoms. The number of sulfonamides is 1. The summed E-state index contributed by atoms with van der Waals surface area (Å²) in [5, 5.41) is 2.78. The summed E-state index contributed by atoms with van der Waals surface area (Å²) < 4.78 is 42.0. The van der Waals surface area contributed by atoms with Gasteiger partial charge in [0, 0.05) is 17.8 Å². The van der Waals surface area contributed by atoms with Gasteiger partial charge in [-0.05, 0) is 55.3 Å². The Balaban J connectivity index is 1.97. The fraction of sp³-hybridized carbons (Fsp3) is 0.174. The van der Waals surface area contributed by atoms with Gasteiger partial charge in [-0.15, -0.1) is 0 Å². The van der Waals surface area contributed by atoms with Crippen LogP contribution in [-0.4, -0.2) is 20.9 Å². The second kappa shape index (κ2) is 9.09. The van der Waals surface area contributed by atoms with Gasteiger partial charge in [-0.1, -0.05) is 43.3 Å². The first-order chi connectivity index (χ1) is 14.4. The van der Waals surface area contributed by atoms with Crippen molar-refractivity contribution in [2.75, 3.05) is 16.2 Å². The highest BCUT2D eigenvalue weighted by molar-refractivity contribution is 7.92. The Bertz CT molecular complexity index is 1150. The van der Waals surface area contributed by atoms with Crippen molar-refractivity contribution in [3.63, 3.8) is 0 Å². The number of anilines is 2. The lowest BCUT2D eigenvalue weighted by molar-refractivity contribution is 0.102. The van der Waals surface area contributed by atoms with Crippen molar-refractivity contribution in [2.24, 2.45) is 0 Å². The van der Waals surface area contributed by atoms with Crippen molar-refractivity contribution in [1.82, 2.24) is 0 Å². The Hall–Kier alpha value is -3.19. The van der Waals surface area contributed by atoms with Crippen LogP contribution in [0, 0.1) is 5.82 Å². The smallest absolute Gasteiger partial charge is 0.267 e. The van der Waals surface area contributed by atoms with Crippen LogP contribution in [0.3, 0.4) is 0 Å². The van der Waals surface area contributed by atoms with Gasteiger partial charge in [-0.3, -0.25) is 9.10 Å². The van der Waals surface area contributed by atoms with E-state index in [1.165, 1.54) is 6.07 Å². The van der Waals surface area contributed by atoms with Crippen molar-refractivity contribution in [3.8, 4) is 0 Å². The molecule has 1 N–H and O–H groups in total. The van der Waals surface area contributed by atoms with E-state index in [2.05, 4.69) is 5.32 Å². The highest BCUT2D eigenvalue weighted by Crippen LogP contribution is 2.26. The second-order valence-electron chi connectivity index (χ2n) is 6.62. The second-order valence-corrected chi connectivity index (χ2v) is 8.45. The molecule has 0 fully saturated rings. The van der Waals surface area contributed by atoms with Crippen molar-refractivity contribution in [3.05, 3.63) is 89.7 Å². The molecule has 3 rings (SSSR count). The molecule has 0 aliphatic heterocycles. The van der Waals surface area contributed by atoms with Crippen LogP contribution in [0.5, 0.6) is 0 Å². The number of carbonyl (C=O) groups is 1. The molecule has 0 radical (unpaired) electrons. The molecule has 0 unspecified atom stereocenters. The molecule has 0 spiro atoms. The van der Waals surface area contributed by atoms with E-state index in [-0.39, 0.29) is 12.1 Å². The number of benzene rings is 3. The van der Waals surface area contributed by atoms with Gasteiger partial charge >= 0.3 is 0 Å². The molecule has 0 aliphatic carbocycles. The maximum Gasteiger partial charge on any atom is 0.267 e. The number of nitrogens with zero attached hydrogens (tertiary/aromatic N) is 1. The fourth-order valence-corrected chi connectivity index (χ4v) is 4.76. The monoisotopic (exact) mass is 426 g/mol. The number of amides is 1. The summed E-state index contributed by atoms with van der Waals surface area (Å²) in [6.45, 7) is 3.75. The van der Waals surface area contributed by atoms with E-state index >= 15 is 0 Å². The first-order valence-corrected chi connectivity index (χ1v) is 11.1. The highest BCUT2D eigenvalue weighted by atomic mass is 32.2. The van der Waals surface area contributed by atoms with Gasteiger partial charge in [-0.25, -0.2) is 12.8 Å². The minimum atomic E-state index is -4.20. The number of rotatable bonds is 7. The van der Waals surface area contributed by atoms with Crippen LogP contribution in [0.2, 0.25) is 0 Å². The predicted octanol–water partition coefficient (Wildman–Crippen LogP) is 4.86. The molecule has 3 aromatic carbocycles. The molecule has 0 atom stereocenters. The van der Waals surface area contributed by atoms with E-state index in [1.807, 2.05) is 19.1 Å². The third-order valence-corrected chi connectivity index (χ3v) is 6.66. The van der Waals surface area contributed by atoms with Crippen LogP contribution in [0.15, 0.2) is 77.7 Å². The Morgan fingerprint density at radius 1 is 0.967 bits per heavy atom. The first kappa shape index (κ1) is 21.5. The molecule has 0 heterocycles. The molecular formula is C23H23FN2O3S. The third kappa shape index (κ3) is 4.36. The summed E-state index contributed by atoms with van der Waals surface area (Å²) >= 11 is 0. The maximum atomic E-state index is 14.5. The molecule has 30 heavy (non-hydrogen) atoms. The van der Waals surface area contributed by atoms with Gasteiger partial charge in [0.25, 0.3) is 15.9 Å². The quantitative estimate of drug-likeness (QED) is 0.587. The summed E-state index contributed by atoms with van der Waals surface area (Å²) in [5.41, 5.74) is 2.07. The summed E-state index contributed by atoms with van der Waals surface area (Å²) in [5.74, 6) is -1.41. The average Bonchev–Trinajstić information content (AvgIpc) is 2.75. The van der Waals surface area contributed by atoms with Gasteiger partial charge in [0.05, 0.1) is 5.69 Å². The Morgan fingerprint density at radius 2 is 1.63 bits per heavy atom. The standard InChI is InChI=1S/C23H23FN2O3S/c1-3-17-10-8-9-13-21(17)25-23(27)18-14-15-20(24)22(16-18)30(28,29)26(4-2)19-11-6-5-7-12-19/h5-16H,3-4H2,1-2H3,(H,25,27). The molecule has 0 aliphatic rings. The van der Waals surface area contributed by atoms with E-state index in [0.717, 1.165) is 28.4 Å². The largest absolute Gasteiger partial charge is 0.322 e. The average molecular weight is 427 g/mol. The molecule has 0 aromatic heterocycles. The topological polar surface area (TPSA) is 66.5 Å². The van der Waals surface area contributed by atoms with Crippen molar-refractivity contribution in [2.45, 2.75) is 25.2 Å². The maximum absolute atomic E-state index is 14.5. The number of para-hydroxylation sites is 2. The Labute approximate surface area is 176 Å². The van der Waals surface area contributed by atoms with Crippen LogP contribution >= 0.6 is 0 Å². The zero-order valence-corrected chi connectivity index (χ0v) is 17.6. The highest BCUT2D eigenvalue weighted by Gasteiger charge is 2.28. The fourth-order valence-electron chi connectivity index (χ4n) is 3.19. The summed E-state index contributed by atoms with van der Waals surface area (Å²) in [6.07, 6.45) is 0.724. The number of hydrogen-bond donors (Lipinski definition) is 1. The Kier molecular flexibility index (Phi) is 6.52. The van der Waals surface area contributed by atoms with Crippen molar-refractivity contribution in [1.29, 1.82) is 0 Å². The van der Waals surface area contributed by atoms with E-state index in [1.54, 1.807) is 49.4 Å². The van der Waals surface area contributed by atoms with Gasteiger partial charge in [-0.2, -0.15) is 0 Å². The number of carbonyl (C=O) groups excluding carboxylic acids is 1. The molecule has 0 saturated carbocycles. The lowest BCUT2D eigenvalue weighted by Gasteiger charge is -2.23. The van der Waals surface area contributed by atoms with Gasteiger partial charge in [0.2, 0.25) is 0 Å². The normalized spacial score (nSPS) is 11.2. The summed E-state index contributed by atoms with van der Waals surface area (Å²) in [6, 6.07) is 19.2. The molecule has 0 bridgehead atoms. The summed E-state index contributed by atoms with van der Waals surface area (Å²) in [4.78, 5) is 12.2. The molecule has 0 saturated heterocycles. The van der Waals surface area contributed by atoms with Gasteiger partial charge in [0.15, 0.2) is 0 Å². The van der Waals surface area contributed by atoms with E-state index in [4.69, 9.17) is 0 Å². The van der Waals surface area contributed by atoms with E-state index < -0.39 is 26.6 Å². The minimum absolute atomic E-state index is 0.0602. The van der Waals surface area contributed by atoms with Crippen molar-refractivity contribution < 1.29 is 17.6 Å². The number of hydrogen-bond acceptors (Lipinski definition) is 3. The molecule has 5 nitrogen and oxygen atoms in total. The third-order valence-electron chi connectivity index (χ3n) is 4.74. The lowest BCUT2D eigenvalue weighted by Crippen LogP contribution is -2.31. The van der Waals surface area contributed by atoms with E-state index in [9.17, 15) is 17.6 Å². The molecule has 1 amide bonds. The first-order valence-electron chi connectivity index (χ1n) is 9.65. The zero-order valence-electron chi connectivity index (χ0n) is 16.8. The van der Waals surface area contributed by atoms with E-state index in [0.29, 0.717) is 11.4 Å². The minimum Gasteiger partial charge on any atom is -0.322 e. The Morgan fingerprint density at radius 3 is 2.30 bits per heavy atom. The number of halogens is 1. The SMILES string of the molecule is CCc1ccccc1NC(=O)c1ccc(F)c(S(=O)(=O)N(CC)c2ccccc2)c1. The zero-order chi connectivity index (χ0) is 21.7. The molecule has 156 valence electrons. The number of nitrogens with one attached hydrogen (secondary N) is 1. The van der Waals surface area contributed by atoms with Crippen LogP contribution < -0.4 is 9.62 Å². The van der Waals surface area contributed by atoms with Crippen LogP contribution in [0.25, 0.3) is 0 Å². The molecular weight excluding hydrogens is 403 g/mol. The predicted molar refractivity (Wildman–Crippen MR) is 117 cm³/mol. The van der Waals surface area contributed by atoms with Crippen LogP contribution in [-0.2, 0) is 16.4 Å². The van der Waals surface area contributed by atoms with Crippen molar-refractivity contribution >= 4 is 27.3 Å².